The molecule has 0 aliphatic rings. The third-order valence-electron chi connectivity index (χ3n) is 3.01. The van der Waals surface area contributed by atoms with Gasteiger partial charge in [-0.25, -0.2) is 0 Å². The van der Waals surface area contributed by atoms with Gasteiger partial charge >= 0.3 is 0 Å². The van der Waals surface area contributed by atoms with E-state index in [-0.39, 0.29) is 0 Å². The minimum atomic E-state index is 0.296. The molecule has 0 heterocycles. The smallest absolute Gasteiger partial charge is 0.0661 e. The minimum Gasteiger partial charge on any atom is -0.379 e. The van der Waals surface area contributed by atoms with Gasteiger partial charge in [-0.2, -0.15) is 0 Å². The van der Waals surface area contributed by atoms with Gasteiger partial charge in [0.1, 0.15) is 0 Å². The molecule has 102 valence electrons. The quantitative estimate of drug-likeness (QED) is 0.711. The summed E-state index contributed by atoms with van der Waals surface area (Å²) in [4.78, 5) is 0. The average molecular weight is 249 g/mol. The van der Waals surface area contributed by atoms with E-state index >= 15 is 0 Å². The fraction of sp³-hybridized carbons (Fsp3) is 0.625. The molecule has 18 heavy (non-hydrogen) atoms. The third-order valence-corrected chi connectivity index (χ3v) is 3.01. The number of hydrogen-bond acceptors (Lipinski definition) is 2. The Morgan fingerprint density at radius 2 is 1.83 bits per heavy atom. The lowest BCUT2D eigenvalue weighted by Crippen LogP contribution is -2.22. The minimum absolute atomic E-state index is 0.296. The van der Waals surface area contributed by atoms with E-state index in [0.29, 0.717) is 12.0 Å². The van der Waals surface area contributed by atoms with Crippen LogP contribution in [0.15, 0.2) is 24.3 Å². The Morgan fingerprint density at radius 1 is 1.17 bits per heavy atom. The summed E-state index contributed by atoms with van der Waals surface area (Å²) >= 11 is 0. The standard InChI is InChI=1S/C16H27NO/c1-5-10-18-12-16(17-4)15-8-6-14(7-9-15)11-13(2)3/h6-9,13,16-17H,5,10-12H2,1-4H3. The Balaban J connectivity index is 2.57. The Kier molecular flexibility index (Phi) is 6.99. The van der Waals surface area contributed by atoms with Gasteiger partial charge in [0.2, 0.25) is 0 Å². The van der Waals surface area contributed by atoms with E-state index in [9.17, 15) is 0 Å². The summed E-state index contributed by atoms with van der Waals surface area (Å²) in [7, 11) is 1.99. The summed E-state index contributed by atoms with van der Waals surface area (Å²) < 4.78 is 5.62. The fourth-order valence-corrected chi connectivity index (χ4v) is 2.05. The normalized spacial score (nSPS) is 12.9. The molecule has 1 atom stereocenters. The van der Waals surface area contributed by atoms with Crippen LogP contribution in [0.25, 0.3) is 0 Å². The van der Waals surface area contributed by atoms with Gasteiger partial charge in [-0.05, 0) is 36.9 Å². The Labute approximate surface area is 112 Å². The Hall–Kier alpha value is -0.860. The molecule has 0 amide bonds. The Bertz CT molecular complexity index is 318. The van der Waals surface area contributed by atoms with E-state index in [2.05, 4.69) is 50.4 Å². The summed E-state index contributed by atoms with van der Waals surface area (Å²) in [6.07, 6.45) is 2.22. The zero-order valence-corrected chi connectivity index (χ0v) is 12.2. The molecule has 0 aliphatic carbocycles. The summed E-state index contributed by atoms with van der Waals surface area (Å²) in [6, 6.07) is 9.20. The predicted molar refractivity (Wildman–Crippen MR) is 77.9 cm³/mol. The molecular formula is C16H27NO. The lowest BCUT2D eigenvalue weighted by Gasteiger charge is -2.17. The highest BCUT2D eigenvalue weighted by Gasteiger charge is 2.09. The summed E-state index contributed by atoms with van der Waals surface area (Å²) in [6.45, 7) is 8.22. The van der Waals surface area contributed by atoms with Crippen LogP contribution in [0, 0.1) is 5.92 Å². The van der Waals surface area contributed by atoms with Gasteiger partial charge in [0, 0.05) is 6.61 Å². The topological polar surface area (TPSA) is 21.3 Å². The van der Waals surface area contributed by atoms with Crippen LogP contribution in [0.5, 0.6) is 0 Å². The van der Waals surface area contributed by atoms with E-state index in [1.54, 1.807) is 0 Å². The Morgan fingerprint density at radius 3 is 2.33 bits per heavy atom. The molecule has 0 fully saturated rings. The van der Waals surface area contributed by atoms with Crippen molar-refractivity contribution in [3.63, 3.8) is 0 Å². The van der Waals surface area contributed by atoms with Crippen molar-refractivity contribution < 1.29 is 4.74 Å². The van der Waals surface area contributed by atoms with E-state index in [0.717, 1.165) is 26.1 Å². The molecule has 0 aliphatic heterocycles. The molecule has 2 heteroatoms. The number of ether oxygens (including phenoxy) is 1. The number of hydrogen-bond donors (Lipinski definition) is 1. The summed E-state index contributed by atoms with van der Waals surface area (Å²) in [5, 5.41) is 3.31. The van der Waals surface area contributed by atoms with E-state index < -0.39 is 0 Å². The highest BCUT2D eigenvalue weighted by molar-refractivity contribution is 5.25. The molecule has 1 aromatic carbocycles. The SMILES string of the molecule is CCCOCC(NC)c1ccc(CC(C)C)cc1. The number of benzene rings is 1. The lowest BCUT2D eigenvalue weighted by molar-refractivity contribution is 0.114. The number of likely N-dealkylation sites (N-methyl/N-ethyl adjacent to an activating group) is 1. The first-order chi connectivity index (χ1) is 8.67. The first-order valence-electron chi connectivity index (χ1n) is 7.01. The van der Waals surface area contributed by atoms with Crippen molar-refractivity contribution in [3.8, 4) is 0 Å². The zero-order valence-electron chi connectivity index (χ0n) is 12.2. The third kappa shape index (κ3) is 5.19. The molecule has 1 aromatic rings. The van der Waals surface area contributed by atoms with E-state index in [1.165, 1.54) is 11.1 Å². The maximum Gasteiger partial charge on any atom is 0.0661 e. The molecule has 0 saturated heterocycles. The van der Waals surface area contributed by atoms with Crippen molar-refractivity contribution in [2.75, 3.05) is 20.3 Å². The first kappa shape index (κ1) is 15.2. The van der Waals surface area contributed by atoms with Crippen molar-refractivity contribution in [1.29, 1.82) is 0 Å². The second-order valence-corrected chi connectivity index (χ2v) is 5.26. The van der Waals surface area contributed by atoms with Crippen LogP contribution in [0.3, 0.4) is 0 Å². The molecule has 0 saturated carbocycles. The predicted octanol–water partition coefficient (Wildman–Crippen LogP) is 3.57. The maximum absolute atomic E-state index is 5.62. The molecule has 0 aromatic heterocycles. The highest BCUT2D eigenvalue weighted by Crippen LogP contribution is 2.16. The van der Waals surface area contributed by atoms with Crippen LogP contribution in [0.2, 0.25) is 0 Å². The molecule has 2 nitrogen and oxygen atoms in total. The molecular weight excluding hydrogens is 222 g/mol. The van der Waals surface area contributed by atoms with Crippen LogP contribution in [0.1, 0.15) is 44.4 Å². The van der Waals surface area contributed by atoms with Crippen molar-refractivity contribution in [1.82, 2.24) is 5.32 Å². The lowest BCUT2D eigenvalue weighted by atomic mass is 10.00. The van der Waals surface area contributed by atoms with Crippen LogP contribution in [0.4, 0.5) is 0 Å². The molecule has 0 bridgehead atoms. The highest BCUT2D eigenvalue weighted by atomic mass is 16.5. The molecule has 1 N–H and O–H groups in total. The molecule has 1 rings (SSSR count). The van der Waals surface area contributed by atoms with E-state index in [1.807, 2.05) is 7.05 Å². The molecule has 1 unspecified atom stereocenters. The van der Waals surface area contributed by atoms with Crippen molar-refractivity contribution in [2.45, 2.75) is 39.7 Å². The second-order valence-electron chi connectivity index (χ2n) is 5.26. The van der Waals surface area contributed by atoms with Gasteiger partial charge in [0.05, 0.1) is 12.6 Å². The van der Waals surface area contributed by atoms with Crippen molar-refractivity contribution in [3.05, 3.63) is 35.4 Å². The van der Waals surface area contributed by atoms with Gasteiger partial charge < -0.3 is 10.1 Å². The number of nitrogens with one attached hydrogen (secondary N) is 1. The van der Waals surface area contributed by atoms with Gasteiger partial charge in [-0.1, -0.05) is 45.0 Å². The first-order valence-corrected chi connectivity index (χ1v) is 7.01. The van der Waals surface area contributed by atoms with Crippen LogP contribution < -0.4 is 5.32 Å². The summed E-state index contributed by atoms with van der Waals surface area (Å²) in [5.74, 6) is 0.712. The van der Waals surface area contributed by atoms with Crippen molar-refractivity contribution in [2.24, 2.45) is 5.92 Å². The monoisotopic (exact) mass is 249 g/mol. The van der Waals surface area contributed by atoms with E-state index in [4.69, 9.17) is 4.74 Å². The average Bonchev–Trinajstić information content (AvgIpc) is 2.35. The second kappa shape index (κ2) is 8.28. The maximum atomic E-state index is 5.62. The van der Waals surface area contributed by atoms with Gasteiger partial charge in [0.25, 0.3) is 0 Å². The van der Waals surface area contributed by atoms with Crippen molar-refractivity contribution >= 4 is 0 Å². The fourth-order valence-electron chi connectivity index (χ4n) is 2.05. The van der Waals surface area contributed by atoms with Crippen LogP contribution in [-0.2, 0) is 11.2 Å². The largest absolute Gasteiger partial charge is 0.379 e. The van der Waals surface area contributed by atoms with Crippen LogP contribution >= 0.6 is 0 Å². The zero-order chi connectivity index (χ0) is 13.4. The summed E-state index contributed by atoms with van der Waals surface area (Å²) in [5.41, 5.74) is 2.72. The van der Waals surface area contributed by atoms with Gasteiger partial charge in [-0.15, -0.1) is 0 Å². The van der Waals surface area contributed by atoms with Gasteiger partial charge in [0.15, 0.2) is 0 Å². The molecule has 0 radical (unpaired) electrons. The molecule has 0 spiro atoms. The van der Waals surface area contributed by atoms with Gasteiger partial charge in [-0.3, -0.25) is 0 Å². The number of rotatable bonds is 8. The van der Waals surface area contributed by atoms with Crippen LogP contribution in [-0.4, -0.2) is 20.3 Å².